The maximum Gasteiger partial charge on any atom is 0.0748 e. The zero-order valence-corrected chi connectivity index (χ0v) is 8.79. The fourth-order valence-corrected chi connectivity index (χ4v) is 1.87. The second-order valence-corrected chi connectivity index (χ2v) is 3.98. The number of benzene rings is 1. The van der Waals surface area contributed by atoms with Crippen LogP contribution in [0.5, 0.6) is 0 Å². The molecule has 1 heterocycles. The van der Waals surface area contributed by atoms with Crippen molar-refractivity contribution in [1.29, 1.82) is 0 Å². The Morgan fingerprint density at radius 3 is 2.93 bits per heavy atom. The molecule has 1 saturated heterocycles. The van der Waals surface area contributed by atoms with Crippen LogP contribution in [0.25, 0.3) is 0 Å². The summed E-state index contributed by atoms with van der Waals surface area (Å²) >= 11 is 0. The summed E-state index contributed by atoms with van der Waals surface area (Å²) in [5.41, 5.74) is 2.49. The zero-order chi connectivity index (χ0) is 9.97. The summed E-state index contributed by atoms with van der Waals surface area (Å²) in [5.74, 6) is 0. The number of nitrogens with one attached hydrogen (secondary N) is 1. The summed E-state index contributed by atoms with van der Waals surface area (Å²) in [6.07, 6.45) is 1.44. The van der Waals surface area contributed by atoms with Crippen LogP contribution in [0.15, 0.2) is 24.3 Å². The molecule has 0 radical (unpaired) electrons. The van der Waals surface area contributed by atoms with Crippen molar-refractivity contribution in [1.82, 2.24) is 0 Å². The van der Waals surface area contributed by atoms with Crippen molar-refractivity contribution in [2.45, 2.75) is 32.4 Å². The van der Waals surface area contributed by atoms with Crippen molar-refractivity contribution in [2.75, 3.05) is 11.9 Å². The van der Waals surface area contributed by atoms with E-state index < -0.39 is 0 Å². The van der Waals surface area contributed by atoms with Crippen LogP contribution in [-0.2, 0) is 4.74 Å². The van der Waals surface area contributed by atoms with Gasteiger partial charge in [-0.15, -0.1) is 0 Å². The van der Waals surface area contributed by atoms with Gasteiger partial charge >= 0.3 is 0 Å². The van der Waals surface area contributed by atoms with E-state index in [1.807, 2.05) is 0 Å². The van der Waals surface area contributed by atoms with Gasteiger partial charge < -0.3 is 10.1 Å². The molecule has 0 aromatic heterocycles. The van der Waals surface area contributed by atoms with E-state index in [2.05, 4.69) is 43.4 Å². The summed E-state index contributed by atoms with van der Waals surface area (Å²) in [5, 5.41) is 3.51. The first-order valence-corrected chi connectivity index (χ1v) is 5.20. The molecule has 0 saturated carbocycles. The average molecular weight is 191 g/mol. The minimum atomic E-state index is 0.329. The van der Waals surface area contributed by atoms with Gasteiger partial charge in [0.05, 0.1) is 12.1 Å². The van der Waals surface area contributed by atoms with E-state index in [1.54, 1.807) is 0 Å². The Labute approximate surface area is 85.3 Å². The first-order valence-electron chi connectivity index (χ1n) is 5.20. The Bertz CT molecular complexity index is 311. The molecular weight excluding hydrogens is 174 g/mol. The number of hydrogen-bond acceptors (Lipinski definition) is 2. The van der Waals surface area contributed by atoms with Crippen LogP contribution in [0, 0.1) is 6.92 Å². The van der Waals surface area contributed by atoms with Crippen LogP contribution >= 0.6 is 0 Å². The molecule has 1 aromatic rings. The predicted molar refractivity (Wildman–Crippen MR) is 58.6 cm³/mol. The first-order chi connectivity index (χ1) is 6.75. The highest BCUT2D eigenvalue weighted by Crippen LogP contribution is 2.19. The third-order valence-electron chi connectivity index (χ3n) is 2.75. The van der Waals surface area contributed by atoms with E-state index in [0.29, 0.717) is 12.1 Å². The minimum Gasteiger partial charge on any atom is -0.380 e. The summed E-state index contributed by atoms with van der Waals surface area (Å²) < 4.78 is 5.51. The third kappa shape index (κ3) is 2.07. The standard InChI is InChI=1S/C12H17NO/c1-9-4-3-5-11(8-9)13-12-6-7-14-10(12)2/h3-5,8,10,12-13H,6-7H2,1-2H3/t10-,12+/m0/s1. The number of ether oxygens (including phenoxy) is 1. The second-order valence-electron chi connectivity index (χ2n) is 3.98. The zero-order valence-electron chi connectivity index (χ0n) is 8.79. The molecule has 2 rings (SSSR count). The molecule has 0 bridgehead atoms. The van der Waals surface area contributed by atoms with E-state index in [1.165, 1.54) is 11.3 Å². The number of aryl methyl sites for hydroxylation is 1. The van der Waals surface area contributed by atoms with E-state index in [-0.39, 0.29) is 0 Å². The predicted octanol–water partition coefficient (Wildman–Crippen LogP) is 2.58. The lowest BCUT2D eigenvalue weighted by molar-refractivity contribution is 0.121. The Balaban J connectivity index is 2.03. The fraction of sp³-hybridized carbons (Fsp3) is 0.500. The van der Waals surface area contributed by atoms with Gasteiger partial charge in [0.2, 0.25) is 0 Å². The Morgan fingerprint density at radius 2 is 2.29 bits per heavy atom. The van der Waals surface area contributed by atoms with Gasteiger partial charge in [-0.25, -0.2) is 0 Å². The quantitative estimate of drug-likeness (QED) is 0.775. The molecule has 2 heteroatoms. The molecule has 1 aliphatic rings. The summed E-state index contributed by atoms with van der Waals surface area (Å²) in [6.45, 7) is 5.12. The lowest BCUT2D eigenvalue weighted by Gasteiger charge is -2.17. The summed E-state index contributed by atoms with van der Waals surface area (Å²) in [4.78, 5) is 0. The van der Waals surface area contributed by atoms with E-state index in [4.69, 9.17) is 4.74 Å². The molecular formula is C12H17NO. The highest BCUT2D eigenvalue weighted by atomic mass is 16.5. The van der Waals surface area contributed by atoms with Crippen molar-refractivity contribution in [3.05, 3.63) is 29.8 Å². The van der Waals surface area contributed by atoms with Gasteiger partial charge in [0, 0.05) is 12.3 Å². The maximum atomic E-state index is 5.51. The largest absolute Gasteiger partial charge is 0.380 e. The third-order valence-corrected chi connectivity index (χ3v) is 2.75. The van der Waals surface area contributed by atoms with Crippen LogP contribution in [0.1, 0.15) is 18.9 Å². The van der Waals surface area contributed by atoms with Crippen LogP contribution in [0.4, 0.5) is 5.69 Å². The average Bonchev–Trinajstić information content (AvgIpc) is 2.52. The van der Waals surface area contributed by atoms with Gasteiger partial charge in [0.15, 0.2) is 0 Å². The van der Waals surface area contributed by atoms with E-state index in [9.17, 15) is 0 Å². The maximum absolute atomic E-state index is 5.51. The smallest absolute Gasteiger partial charge is 0.0748 e. The molecule has 1 aliphatic heterocycles. The van der Waals surface area contributed by atoms with Gasteiger partial charge in [0.1, 0.15) is 0 Å². The molecule has 0 aliphatic carbocycles. The number of hydrogen-bond donors (Lipinski definition) is 1. The van der Waals surface area contributed by atoms with Crippen molar-refractivity contribution in [3.63, 3.8) is 0 Å². The number of anilines is 1. The Hall–Kier alpha value is -1.02. The molecule has 0 amide bonds. The minimum absolute atomic E-state index is 0.329. The molecule has 1 N–H and O–H groups in total. The molecule has 76 valence electrons. The molecule has 14 heavy (non-hydrogen) atoms. The van der Waals surface area contributed by atoms with Gasteiger partial charge in [0.25, 0.3) is 0 Å². The molecule has 0 spiro atoms. The highest BCUT2D eigenvalue weighted by Gasteiger charge is 2.23. The topological polar surface area (TPSA) is 21.3 Å². The molecule has 0 unspecified atom stereocenters. The normalized spacial score (nSPS) is 26.4. The van der Waals surface area contributed by atoms with Gasteiger partial charge in [-0.2, -0.15) is 0 Å². The SMILES string of the molecule is Cc1cccc(N[C@@H]2CCO[C@H]2C)c1. The van der Waals surface area contributed by atoms with Crippen LogP contribution in [0.3, 0.4) is 0 Å². The van der Waals surface area contributed by atoms with Gasteiger partial charge in [-0.05, 0) is 38.0 Å². The number of rotatable bonds is 2. The van der Waals surface area contributed by atoms with Gasteiger partial charge in [-0.1, -0.05) is 12.1 Å². The van der Waals surface area contributed by atoms with E-state index in [0.717, 1.165) is 13.0 Å². The monoisotopic (exact) mass is 191 g/mol. The molecule has 1 aromatic carbocycles. The first kappa shape index (κ1) is 9.53. The lowest BCUT2D eigenvalue weighted by atomic mass is 10.1. The molecule has 1 fully saturated rings. The second kappa shape index (κ2) is 4.01. The van der Waals surface area contributed by atoms with Crippen molar-refractivity contribution in [3.8, 4) is 0 Å². The Morgan fingerprint density at radius 1 is 1.43 bits per heavy atom. The van der Waals surface area contributed by atoms with Gasteiger partial charge in [-0.3, -0.25) is 0 Å². The summed E-state index contributed by atoms with van der Waals surface area (Å²) in [6, 6.07) is 8.94. The molecule has 2 atom stereocenters. The van der Waals surface area contributed by atoms with E-state index >= 15 is 0 Å². The highest BCUT2D eigenvalue weighted by molar-refractivity contribution is 5.46. The lowest BCUT2D eigenvalue weighted by Crippen LogP contribution is -2.26. The van der Waals surface area contributed by atoms with Crippen molar-refractivity contribution < 1.29 is 4.74 Å². The fourth-order valence-electron chi connectivity index (χ4n) is 1.87. The van der Waals surface area contributed by atoms with Crippen LogP contribution in [-0.4, -0.2) is 18.8 Å². The van der Waals surface area contributed by atoms with Crippen LogP contribution < -0.4 is 5.32 Å². The van der Waals surface area contributed by atoms with Crippen molar-refractivity contribution in [2.24, 2.45) is 0 Å². The molecule has 2 nitrogen and oxygen atoms in total. The van der Waals surface area contributed by atoms with Crippen molar-refractivity contribution >= 4 is 5.69 Å². The summed E-state index contributed by atoms with van der Waals surface area (Å²) in [7, 11) is 0. The Kier molecular flexibility index (Phi) is 2.73. The van der Waals surface area contributed by atoms with Crippen LogP contribution in [0.2, 0.25) is 0 Å².